The predicted octanol–water partition coefficient (Wildman–Crippen LogP) is 3.47. The minimum atomic E-state index is -0.307. The van der Waals surface area contributed by atoms with E-state index in [9.17, 15) is 9.59 Å². The van der Waals surface area contributed by atoms with Crippen LogP contribution in [-0.4, -0.2) is 60.5 Å². The molecule has 2 aromatic rings. The first kappa shape index (κ1) is 23.1. The second kappa shape index (κ2) is 8.38. The van der Waals surface area contributed by atoms with Gasteiger partial charge >= 0.3 is 5.97 Å². The van der Waals surface area contributed by atoms with Gasteiger partial charge in [0.15, 0.2) is 0 Å². The van der Waals surface area contributed by atoms with E-state index < -0.39 is 0 Å². The standard InChI is InChI=1S/C30H32N2O4/c1-18-6-5-7-20(16-18)8-13-27(34)32(4)23-10-9-22-24-17-21-25(35-19(2)33)11-12-26-28(21)30(22,29(23)36-26)14-15-31(24)3/h5-7,11-12,16,22-24,29H,9-10,14-15,17H2,1-4H3/t22-,23-,24+,29-,30-/m0/s1. The molecule has 4 aliphatic rings. The highest BCUT2D eigenvalue weighted by atomic mass is 16.5. The molecule has 2 aliphatic carbocycles. The summed E-state index contributed by atoms with van der Waals surface area (Å²) in [5.74, 6) is 7.41. The molecule has 1 saturated heterocycles. The van der Waals surface area contributed by atoms with Crippen LogP contribution in [0, 0.1) is 24.7 Å². The average molecular weight is 485 g/mol. The second-order valence-corrected chi connectivity index (χ2v) is 10.9. The highest BCUT2D eigenvalue weighted by Crippen LogP contribution is 2.63. The smallest absolute Gasteiger partial charge is 0.308 e. The van der Waals surface area contributed by atoms with Gasteiger partial charge in [-0.1, -0.05) is 18.1 Å². The van der Waals surface area contributed by atoms with Gasteiger partial charge < -0.3 is 19.3 Å². The molecule has 6 heteroatoms. The van der Waals surface area contributed by atoms with E-state index in [1.807, 2.05) is 50.4 Å². The molecular weight excluding hydrogens is 452 g/mol. The molecule has 0 N–H and O–H groups in total. The number of hydrogen-bond acceptors (Lipinski definition) is 5. The van der Waals surface area contributed by atoms with Crippen molar-refractivity contribution in [3.63, 3.8) is 0 Å². The number of likely N-dealkylation sites (tertiary alicyclic amines) is 1. The Labute approximate surface area is 212 Å². The van der Waals surface area contributed by atoms with Gasteiger partial charge in [0.05, 0.1) is 6.04 Å². The zero-order valence-corrected chi connectivity index (χ0v) is 21.3. The molecule has 1 saturated carbocycles. The number of piperidine rings is 1. The largest absolute Gasteiger partial charge is 0.487 e. The van der Waals surface area contributed by atoms with Crippen LogP contribution >= 0.6 is 0 Å². The normalized spacial score (nSPS) is 29.3. The fourth-order valence-corrected chi connectivity index (χ4v) is 7.44. The Morgan fingerprint density at radius 2 is 2.06 bits per heavy atom. The molecule has 1 spiro atoms. The number of esters is 1. The fourth-order valence-electron chi connectivity index (χ4n) is 7.44. The van der Waals surface area contributed by atoms with E-state index >= 15 is 0 Å². The van der Waals surface area contributed by atoms with Gasteiger partial charge in [0, 0.05) is 48.0 Å². The maximum Gasteiger partial charge on any atom is 0.308 e. The van der Waals surface area contributed by atoms with E-state index in [4.69, 9.17) is 9.47 Å². The highest BCUT2D eigenvalue weighted by molar-refractivity contribution is 5.94. The van der Waals surface area contributed by atoms with E-state index in [2.05, 4.69) is 23.8 Å². The van der Waals surface area contributed by atoms with Crippen molar-refractivity contribution >= 4 is 11.9 Å². The summed E-state index contributed by atoms with van der Waals surface area (Å²) in [6.07, 6.45) is 3.59. The van der Waals surface area contributed by atoms with Crippen LogP contribution in [0.4, 0.5) is 0 Å². The van der Waals surface area contributed by atoms with Crippen molar-refractivity contribution in [2.75, 3.05) is 20.6 Å². The predicted molar refractivity (Wildman–Crippen MR) is 136 cm³/mol. The van der Waals surface area contributed by atoms with E-state index in [0.29, 0.717) is 17.7 Å². The lowest BCUT2D eigenvalue weighted by atomic mass is 9.51. The molecule has 5 atom stereocenters. The van der Waals surface area contributed by atoms with Gasteiger partial charge in [-0.3, -0.25) is 9.59 Å². The van der Waals surface area contributed by atoms with Crippen LogP contribution in [0.5, 0.6) is 11.5 Å². The van der Waals surface area contributed by atoms with Crippen LogP contribution in [0.2, 0.25) is 0 Å². The van der Waals surface area contributed by atoms with E-state index in [1.54, 1.807) is 4.90 Å². The third-order valence-electron chi connectivity index (χ3n) is 8.97. The zero-order chi connectivity index (χ0) is 25.2. The third kappa shape index (κ3) is 3.37. The monoisotopic (exact) mass is 484 g/mol. The number of benzene rings is 2. The van der Waals surface area contributed by atoms with Gasteiger partial charge in [-0.25, -0.2) is 0 Å². The molecule has 2 aromatic carbocycles. The number of ether oxygens (including phenoxy) is 2. The Kier molecular flexibility index (Phi) is 5.38. The summed E-state index contributed by atoms with van der Waals surface area (Å²) in [5.41, 5.74) is 4.10. The van der Waals surface area contributed by atoms with Crippen LogP contribution in [0.1, 0.15) is 48.4 Å². The lowest BCUT2D eigenvalue weighted by Crippen LogP contribution is -2.68. The van der Waals surface area contributed by atoms with Gasteiger partial charge in [0.25, 0.3) is 5.91 Å². The number of rotatable bonds is 2. The SMILES string of the molecule is CC(=O)Oc1ccc2c3c1C[C@@H]1[C@@H]4CC[C@H](N(C)C(=O)C#Cc5cccc(C)c5)[C@H](O2)[C@]34CCN1C. The molecule has 2 heterocycles. The maximum atomic E-state index is 13.3. The Balaban J connectivity index is 1.37. The molecule has 6 rings (SSSR count). The number of amides is 1. The van der Waals surface area contributed by atoms with E-state index in [1.165, 1.54) is 12.5 Å². The van der Waals surface area contributed by atoms with Crippen molar-refractivity contribution in [2.45, 2.75) is 63.1 Å². The van der Waals surface area contributed by atoms with Gasteiger partial charge in [-0.15, -0.1) is 0 Å². The van der Waals surface area contributed by atoms with Gasteiger partial charge in [-0.2, -0.15) is 0 Å². The van der Waals surface area contributed by atoms with Gasteiger partial charge in [0.2, 0.25) is 0 Å². The average Bonchev–Trinajstić information content (AvgIpc) is 3.19. The maximum absolute atomic E-state index is 13.3. The number of carbonyl (C=O) groups is 2. The summed E-state index contributed by atoms with van der Waals surface area (Å²) in [7, 11) is 4.06. The summed E-state index contributed by atoms with van der Waals surface area (Å²) in [5, 5.41) is 0. The van der Waals surface area contributed by atoms with Crippen molar-refractivity contribution < 1.29 is 19.1 Å². The summed E-state index contributed by atoms with van der Waals surface area (Å²) in [6.45, 7) is 4.45. The van der Waals surface area contributed by atoms with Crippen molar-refractivity contribution in [3.05, 3.63) is 58.7 Å². The summed E-state index contributed by atoms with van der Waals surface area (Å²) >= 11 is 0. The lowest BCUT2D eigenvalue weighted by Gasteiger charge is -2.59. The Morgan fingerprint density at radius 3 is 2.83 bits per heavy atom. The van der Waals surface area contributed by atoms with Gasteiger partial charge in [0.1, 0.15) is 17.6 Å². The number of nitrogens with zero attached hydrogens (tertiary/aromatic N) is 2. The molecule has 0 radical (unpaired) electrons. The molecular formula is C30H32N2O4. The second-order valence-electron chi connectivity index (χ2n) is 10.9. The molecule has 36 heavy (non-hydrogen) atoms. The highest BCUT2D eigenvalue weighted by Gasteiger charge is 2.66. The molecule has 2 bridgehead atoms. The zero-order valence-electron chi connectivity index (χ0n) is 21.3. The van der Waals surface area contributed by atoms with Crippen LogP contribution in [0.25, 0.3) is 0 Å². The molecule has 0 aromatic heterocycles. The minimum absolute atomic E-state index is 0.0693. The summed E-state index contributed by atoms with van der Waals surface area (Å²) in [6, 6.07) is 12.0. The number of carbonyl (C=O) groups excluding carboxylic acids is 2. The van der Waals surface area contributed by atoms with Crippen molar-refractivity contribution in [3.8, 4) is 23.3 Å². The van der Waals surface area contributed by atoms with E-state index in [0.717, 1.165) is 54.7 Å². The topological polar surface area (TPSA) is 59.1 Å². The van der Waals surface area contributed by atoms with Gasteiger partial charge in [-0.05, 0) is 81.9 Å². The first-order valence-electron chi connectivity index (χ1n) is 12.9. The van der Waals surface area contributed by atoms with Crippen LogP contribution in [-0.2, 0) is 21.4 Å². The van der Waals surface area contributed by atoms with Crippen molar-refractivity contribution in [1.29, 1.82) is 0 Å². The van der Waals surface area contributed by atoms with Crippen LogP contribution < -0.4 is 9.47 Å². The summed E-state index contributed by atoms with van der Waals surface area (Å²) in [4.78, 5) is 29.4. The Hall–Kier alpha value is -3.30. The quantitative estimate of drug-likeness (QED) is 0.371. The third-order valence-corrected chi connectivity index (χ3v) is 8.97. The van der Waals surface area contributed by atoms with Crippen molar-refractivity contribution in [2.24, 2.45) is 5.92 Å². The fraction of sp³-hybridized carbons (Fsp3) is 0.467. The first-order chi connectivity index (χ1) is 17.3. The molecule has 0 unspecified atom stereocenters. The number of likely N-dealkylation sites (N-methyl/N-ethyl adjacent to an activating group) is 2. The molecule has 2 fully saturated rings. The molecule has 186 valence electrons. The van der Waals surface area contributed by atoms with Crippen LogP contribution in [0.15, 0.2) is 36.4 Å². The Morgan fingerprint density at radius 1 is 1.22 bits per heavy atom. The lowest BCUT2D eigenvalue weighted by molar-refractivity contribution is -0.134. The van der Waals surface area contributed by atoms with E-state index in [-0.39, 0.29) is 29.4 Å². The molecule has 2 aliphatic heterocycles. The first-order valence-corrected chi connectivity index (χ1v) is 12.9. The number of aryl methyl sites for hydroxylation is 1. The number of hydrogen-bond donors (Lipinski definition) is 0. The minimum Gasteiger partial charge on any atom is -0.487 e. The van der Waals surface area contributed by atoms with Crippen molar-refractivity contribution in [1.82, 2.24) is 9.80 Å². The summed E-state index contributed by atoms with van der Waals surface area (Å²) < 4.78 is 12.4. The molecule has 6 nitrogen and oxygen atoms in total. The molecule has 1 amide bonds. The van der Waals surface area contributed by atoms with Crippen LogP contribution in [0.3, 0.4) is 0 Å². The Bertz CT molecular complexity index is 1320.